The molecule has 1 aliphatic heterocycles. The second-order valence-corrected chi connectivity index (χ2v) is 3.12. The third-order valence-corrected chi connectivity index (χ3v) is 2.03. The minimum absolute atomic E-state index is 0.290. The van der Waals surface area contributed by atoms with Gasteiger partial charge in [-0.1, -0.05) is 35.3 Å². The van der Waals surface area contributed by atoms with E-state index in [0.717, 1.165) is 10.6 Å². The van der Waals surface area contributed by atoms with Crippen molar-refractivity contribution in [2.45, 2.75) is 0 Å². The zero-order valence-corrected chi connectivity index (χ0v) is 8.35. The highest BCUT2D eigenvalue weighted by molar-refractivity contribution is 5.74. The first-order valence-corrected chi connectivity index (χ1v) is 4.68. The minimum atomic E-state index is -0.512. The SMILES string of the molecule is O=[N+]([O-])N1C=CC=NC1=Cc1ccccc1. The first-order valence-electron chi connectivity index (χ1n) is 4.68. The first kappa shape index (κ1) is 10.1. The lowest BCUT2D eigenvalue weighted by molar-refractivity contribution is -0.628. The molecular weight excluding hydrogens is 206 g/mol. The average Bonchev–Trinajstić information content (AvgIpc) is 2.31. The number of nitro groups is 1. The molecule has 0 amide bonds. The maximum absolute atomic E-state index is 10.7. The maximum atomic E-state index is 10.7. The monoisotopic (exact) mass is 215 g/mol. The molecule has 1 aromatic carbocycles. The number of hydrogen-bond acceptors (Lipinski definition) is 3. The van der Waals surface area contributed by atoms with Crippen molar-refractivity contribution in [3.63, 3.8) is 0 Å². The van der Waals surface area contributed by atoms with Gasteiger partial charge in [0.1, 0.15) is 0 Å². The third-order valence-electron chi connectivity index (χ3n) is 2.03. The fraction of sp³-hybridized carbons (Fsp3) is 0. The molecule has 0 bridgehead atoms. The molecule has 5 nitrogen and oxygen atoms in total. The number of aliphatic imine (C=N–C) groups is 1. The number of allylic oxidation sites excluding steroid dienone is 1. The Morgan fingerprint density at radius 2 is 2.06 bits per heavy atom. The molecule has 0 saturated heterocycles. The molecule has 0 atom stereocenters. The van der Waals surface area contributed by atoms with Gasteiger partial charge in [0.2, 0.25) is 0 Å². The topological polar surface area (TPSA) is 58.7 Å². The largest absolute Gasteiger partial charge is 0.234 e. The Morgan fingerprint density at radius 1 is 1.31 bits per heavy atom. The minimum Gasteiger partial charge on any atom is -0.234 e. The van der Waals surface area contributed by atoms with Crippen LogP contribution in [0.1, 0.15) is 5.56 Å². The van der Waals surface area contributed by atoms with Gasteiger partial charge >= 0.3 is 0 Å². The Bertz CT molecular complexity index is 477. The van der Waals surface area contributed by atoms with Crippen molar-refractivity contribution in [1.82, 2.24) is 5.01 Å². The summed E-state index contributed by atoms with van der Waals surface area (Å²) < 4.78 is 0. The van der Waals surface area contributed by atoms with E-state index >= 15 is 0 Å². The molecule has 0 unspecified atom stereocenters. The summed E-state index contributed by atoms with van der Waals surface area (Å²) >= 11 is 0. The quantitative estimate of drug-likeness (QED) is 0.560. The summed E-state index contributed by atoms with van der Waals surface area (Å²) in [7, 11) is 0. The van der Waals surface area contributed by atoms with E-state index in [4.69, 9.17) is 0 Å². The van der Waals surface area contributed by atoms with Crippen LogP contribution in [-0.4, -0.2) is 16.3 Å². The lowest BCUT2D eigenvalue weighted by atomic mass is 10.2. The Morgan fingerprint density at radius 3 is 2.75 bits per heavy atom. The average molecular weight is 215 g/mol. The second-order valence-electron chi connectivity index (χ2n) is 3.12. The van der Waals surface area contributed by atoms with Gasteiger partial charge in [-0.25, -0.2) is 15.1 Å². The van der Waals surface area contributed by atoms with Gasteiger partial charge in [-0.3, -0.25) is 0 Å². The van der Waals surface area contributed by atoms with E-state index in [1.54, 1.807) is 6.08 Å². The highest BCUT2D eigenvalue weighted by Crippen LogP contribution is 2.14. The van der Waals surface area contributed by atoms with Gasteiger partial charge in [-0.15, -0.1) is 0 Å². The van der Waals surface area contributed by atoms with Gasteiger partial charge in [0.15, 0.2) is 10.9 Å². The van der Waals surface area contributed by atoms with Gasteiger partial charge in [-0.2, -0.15) is 0 Å². The standard InChI is InChI=1S/C11H9N3O2/c15-14(16)13-8-4-7-12-11(13)9-10-5-2-1-3-6-10/h1-9H. The van der Waals surface area contributed by atoms with Crippen LogP contribution < -0.4 is 0 Å². The second kappa shape index (κ2) is 4.39. The fourth-order valence-corrected chi connectivity index (χ4v) is 1.31. The summed E-state index contributed by atoms with van der Waals surface area (Å²) in [6.45, 7) is 0. The summed E-state index contributed by atoms with van der Waals surface area (Å²) in [4.78, 5) is 14.7. The molecule has 5 heteroatoms. The molecule has 1 aromatic rings. The Labute approximate surface area is 92.1 Å². The highest BCUT2D eigenvalue weighted by atomic mass is 16.7. The Kier molecular flexibility index (Phi) is 2.77. The van der Waals surface area contributed by atoms with Crippen LogP contribution in [0.25, 0.3) is 6.08 Å². The molecule has 0 aromatic heterocycles. The van der Waals surface area contributed by atoms with E-state index in [9.17, 15) is 10.1 Å². The Balaban J connectivity index is 2.32. The molecule has 1 aliphatic rings. The molecule has 0 radical (unpaired) electrons. The number of hydrazine groups is 1. The first-order chi connectivity index (χ1) is 7.77. The smallest absolute Gasteiger partial charge is 0.199 e. The van der Waals surface area contributed by atoms with Crippen molar-refractivity contribution in [3.8, 4) is 0 Å². The van der Waals surface area contributed by atoms with Gasteiger partial charge in [0.05, 0.1) is 6.20 Å². The lowest BCUT2D eigenvalue weighted by Crippen LogP contribution is -2.24. The molecule has 16 heavy (non-hydrogen) atoms. The van der Waals surface area contributed by atoms with E-state index in [1.165, 1.54) is 18.5 Å². The van der Waals surface area contributed by atoms with Gasteiger partial charge in [0, 0.05) is 6.21 Å². The Hall–Kier alpha value is -2.43. The van der Waals surface area contributed by atoms with Crippen molar-refractivity contribution in [2.75, 3.05) is 0 Å². The normalized spacial score (nSPS) is 16.8. The summed E-state index contributed by atoms with van der Waals surface area (Å²) in [6.07, 6.45) is 6.06. The van der Waals surface area contributed by atoms with Crippen molar-refractivity contribution >= 4 is 12.3 Å². The highest BCUT2D eigenvalue weighted by Gasteiger charge is 2.17. The predicted octanol–water partition coefficient (Wildman–Crippen LogP) is 2.08. The number of hydrogen-bond donors (Lipinski definition) is 0. The summed E-state index contributed by atoms with van der Waals surface area (Å²) in [5.41, 5.74) is 0.872. The summed E-state index contributed by atoms with van der Waals surface area (Å²) in [5.74, 6) is 0.290. The number of nitrogens with zero attached hydrogens (tertiary/aromatic N) is 3. The molecule has 80 valence electrons. The van der Waals surface area contributed by atoms with Crippen LogP contribution in [0, 0.1) is 10.1 Å². The van der Waals surface area contributed by atoms with Crippen LogP contribution in [0.2, 0.25) is 0 Å². The molecule has 0 saturated carbocycles. The van der Waals surface area contributed by atoms with Crippen molar-refractivity contribution in [3.05, 3.63) is 64.1 Å². The van der Waals surface area contributed by atoms with Crippen molar-refractivity contribution < 1.29 is 5.03 Å². The zero-order chi connectivity index (χ0) is 11.4. The van der Waals surface area contributed by atoms with E-state index in [-0.39, 0.29) is 0 Å². The van der Waals surface area contributed by atoms with Crippen LogP contribution in [0.15, 0.2) is 53.4 Å². The fourth-order valence-electron chi connectivity index (χ4n) is 1.31. The predicted molar refractivity (Wildman–Crippen MR) is 60.9 cm³/mol. The van der Waals surface area contributed by atoms with Crippen molar-refractivity contribution in [1.29, 1.82) is 0 Å². The van der Waals surface area contributed by atoms with E-state index in [1.807, 2.05) is 30.3 Å². The van der Waals surface area contributed by atoms with Gasteiger partial charge < -0.3 is 0 Å². The lowest BCUT2D eigenvalue weighted by Gasteiger charge is -2.11. The molecule has 1 heterocycles. The molecule has 2 rings (SSSR count). The van der Waals surface area contributed by atoms with Crippen LogP contribution in [0.4, 0.5) is 0 Å². The van der Waals surface area contributed by atoms with Crippen molar-refractivity contribution in [2.24, 2.45) is 4.99 Å². The van der Waals surface area contributed by atoms with E-state index < -0.39 is 5.03 Å². The molecule has 0 N–H and O–H groups in total. The van der Waals surface area contributed by atoms with E-state index in [2.05, 4.69) is 4.99 Å². The molecule has 0 fully saturated rings. The zero-order valence-electron chi connectivity index (χ0n) is 8.35. The molecule has 0 spiro atoms. The van der Waals surface area contributed by atoms with Gasteiger partial charge in [-0.05, 0) is 17.7 Å². The maximum Gasteiger partial charge on any atom is 0.199 e. The third kappa shape index (κ3) is 2.14. The molecular formula is C11H9N3O2. The van der Waals surface area contributed by atoms with E-state index in [0.29, 0.717) is 5.82 Å². The number of benzene rings is 1. The summed E-state index contributed by atoms with van der Waals surface area (Å²) in [6, 6.07) is 9.34. The van der Waals surface area contributed by atoms with Gasteiger partial charge in [0.25, 0.3) is 0 Å². The van der Waals surface area contributed by atoms with Crippen LogP contribution >= 0.6 is 0 Å². The van der Waals surface area contributed by atoms with Crippen LogP contribution in [0.3, 0.4) is 0 Å². The summed E-state index contributed by atoms with van der Waals surface area (Å²) in [5, 5.41) is 11.1. The van der Waals surface area contributed by atoms with Crippen LogP contribution in [0.5, 0.6) is 0 Å². The number of rotatable bonds is 2. The van der Waals surface area contributed by atoms with Crippen LogP contribution in [-0.2, 0) is 0 Å². The molecule has 0 aliphatic carbocycles.